The van der Waals surface area contributed by atoms with Gasteiger partial charge in [0.1, 0.15) is 15.9 Å². The standard InChI is InChI=1S/C11H24N2O4S/c1-9(2)12-10(11(14)17-4)8-13(3)6-7-18(5,15)16/h9-10,12H,6-8H2,1-5H3. The van der Waals surface area contributed by atoms with Crippen molar-refractivity contribution >= 4 is 15.8 Å². The molecule has 0 bridgehead atoms. The summed E-state index contributed by atoms with van der Waals surface area (Å²) in [5.41, 5.74) is 0. The Hall–Kier alpha value is -0.660. The van der Waals surface area contributed by atoms with Crippen LogP contribution in [-0.4, -0.2) is 70.6 Å². The number of methoxy groups -OCH3 is 1. The fourth-order valence-corrected chi connectivity index (χ4v) is 2.11. The van der Waals surface area contributed by atoms with Crippen LogP contribution in [0.3, 0.4) is 0 Å². The van der Waals surface area contributed by atoms with E-state index in [1.165, 1.54) is 13.4 Å². The van der Waals surface area contributed by atoms with Gasteiger partial charge < -0.3 is 15.0 Å². The Bertz CT molecular complexity index is 354. The van der Waals surface area contributed by atoms with Gasteiger partial charge >= 0.3 is 5.97 Å². The van der Waals surface area contributed by atoms with Crippen molar-refractivity contribution in [2.24, 2.45) is 0 Å². The number of hydrogen-bond donors (Lipinski definition) is 1. The molecule has 7 heteroatoms. The minimum absolute atomic E-state index is 0.0824. The van der Waals surface area contributed by atoms with Gasteiger partial charge in [-0.1, -0.05) is 13.8 Å². The zero-order chi connectivity index (χ0) is 14.3. The van der Waals surface area contributed by atoms with Gasteiger partial charge in [-0.3, -0.25) is 4.79 Å². The van der Waals surface area contributed by atoms with Crippen LogP contribution in [-0.2, 0) is 19.4 Å². The molecular formula is C11H24N2O4S. The highest BCUT2D eigenvalue weighted by molar-refractivity contribution is 7.90. The van der Waals surface area contributed by atoms with E-state index in [-0.39, 0.29) is 17.8 Å². The third kappa shape index (κ3) is 8.43. The Kier molecular flexibility index (Phi) is 7.42. The highest BCUT2D eigenvalue weighted by Gasteiger charge is 2.21. The number of nitrogens with one attached hydrogen (secondary N) is 1. The monoisotopic (exact) mass is 280 g/mol. The van der Waals surface area contributed by atoms with Crippen molar-refractivity contribution in [1.29, 1.82) is 0 Å². The van der Waals surface area contributed by atoms with E-state index in [0.29, 0.717) is 13.1 Å². The Labute approximate surface area is 110 Å². The largest absolute Gasteiger partial charge is 0.468 e. The molecule has 0 aromatic heterocycles. The Morgan fingerprint density at radius 3 is 2.33 bits per heavy atom. The van der Waals surface area contributed by atoms with Gasteiger partial charge in [0.15, 0.2) is 0 Å². The lowest BCUT2D eigenvalue weighted by Gasteiger charge is -2.24. The van der Waals surface area contributed by atoms with Gasteiger partial charge in [0, 0.05) is 25.4 Å². The van der Waals surface area contributed by atoms with Crippen LogP contribution >= 0.6 is 0 Å². The molecule has 0 heterocycles. The van der Waals surface area contributed by atoms with Crippen molar-refractivity contribution in [3.05, 3.63) is 0 Å². The van der Waals surface area contributed by atoms with E-state index in [4.69, 9.17) is 4.74 Å². The second-order valence-electron chi connectivity index (χ2n) is 4.79. The molecule has 0 spiro atoms. The number of carbonyl (C=O) groups is 1. The fraction of sp³-hybridized carbons (Fsp3) is 0.909. The molecule has 0 aliphatic rings. The summed E-state index contributed by atoms with van der Waals surface area (Å²) in [5, 5.41) is 3.09. The molecule has 1 unspecified atom stereocenters. The summed E-state index contributed by atoms with van der Waals surface area (Å²) in [6.45, 7) is 4.69. The van der Waals surface area contributed by atoms with E-state index < -0.39 is 15.9 Å². The summed E-state index contributed by atoms with van der Waals surface area (Å²) in [5.74, 6) is -0.256. The first kappa shape index (κ1) is 17.3. The van der Waals surface area contributed by atoms with Crippen LogP contribution in [0, 0.1) is 0 Å². The second kappa shape index (κ2) is 7.70. The van der Waals surface area contributed by atoms with E-state index in [9.17, 15) is 13.2 Å². The molecular weight excluding hydrogens is 256 g/mol. The zero-order valence-corrected chi connectivity index (χ0v) is 12.6. The molecule has 0 aromatic rings. The fourth-order valence-electron chi connectivity index (χ4n) is 1.46. The van der Waals surface area contributed by atoms with E-state index in [2.05, 4.69) is 5.32 Å². The van der Waals surface area contributed by atoms with Crippen LogP contribution < -0.4 is 5.32 Å². The van der Waals surface area contributed by atoms with Crippen LogP contribution in [0.1, 0.15) is 13.8 Å². The molecule has 0 aliphatic carbocycles. The number of nitrogens with zero attached hydrogens (tertiary/aromatic N) is 1. The van der Waals surface area contributed by atoms with Gasteiger partial charge in [-0.05, 0) is 7.05 Å². The molecule has 0 amide bonds. The number of sulfone groups is 1. The molecule has 18 heavy (non-hydrogen) atoms. The lowest BCUT2D eigenvalue weighted by atomic mass is 10.2. The third-order valence-electron chi connectivity index (χ3n) is 2.36. The number of likely N-dealkylation sites (N-methyl/N-ethyl adjacent to an activating group) is 1. The average molecular weight is 280 g/mol. The zero-order valence-electron chi connectivity index (χ0n) is 11.8. The summed E-state index contributed by atoms with van der Waals surface area (Å²) in [6, 6.07) is -0.294. The van der Waals surface area contributed by atoms with Crippen molar-refractivity contribution in [3.63, 3.8) is 0 Å². The summed E-state index contributed by atoms with van der Waals surface area (Å²) < 4.78 is 26.8. The topological polar surface area (TPSA) is 75.7 Å². The molecule has 108 valence electrons. The Morgan fingerprint density at radius 1 is 1.39 bits per heavy atom. The maximum absolute atomic E-state index is 11.6. The summed E-state index contributed by atoms with van der Waals surface area (Å²) in [6.07, 6.45) is 1.20. The summed E-state index contributed by atoms with van der Waals surface area (Å²) in [4.78, 5) is 13.4. The van der Waals surface area contributed by atoms with Crippen LogP contribution in [0.5, 0.6) is 0 Å². The van der Waals surface area contributed by atoms with E-state index in [0.717, 1.165) is 0 Å². The molecule has 0 saturated carbocycles. The molecule has 6 nitrogen and oxygen atoms in total. The Morgan fingerprint density at radius 2 is 1.94 bits per heavy atom. The van der Waals surface area contributed by atoms with Gasteiger partial charge in [0.05, 0.1) is 12.9 Å². The molecule has 0 aliphatic heterocycles. The van der Waals surface area contributed by atoms with Crippen molar-refractivity contribution in [2.45, 2.75) is 25.9 Å². The first-order chi connectivity index (χ1) is 8.15. The maximum atomic E-state index is 11.6. The third-order valence-corrected chi connectivity index (χ3v) is 3.28. The minimum atomic E-state index is -2.98. The normalized spacial score (nSPS) is 13.9. The van der Waals surface area contributed by atoms with Gasteiger partial charge in [0.25, 0.3) is 0 Å². The molecule has 0 rings (SSSR count). The number of ether oxygens (including phenoxy) is 1. The van der Waals surface area contributed by atoms with Crippen LogP contribution in [0.25, 0.3) is 0 Å². The molecule has 0 fully saturated rings. The molecule has 0 radical (unpaired) electrons. The first-order valence-electron chi connectivity index (χ1n) is 5.86. The van der Waals surface area contributed by atoms with Crippen LogP contribution in [0.4, 0.5) is 0 Å². The van der Waals surface area contributed by atoms with E-state index in [1.54, 1.807) is 11.9 Å². The van der Waals surface area contributed by atoms with Crippen molar-refractivity contribution < 1.29 is 17.9 Å². The van der Waals surface area contributed by atoms with Crippen LogP contribution in [0.2, 0.25) is 0 Å². The van der Waals surface area contributed by atoms with Crippen molar-refractivity contribution in [3.8, 4) is 0 Å². The van der Waals surface area contributed by atoms with Crippen LogP contribution in [0.15, 0.2) is 0 Å². The highest BCUT2D eigenvalue weighted by Crippen LogP contribution is 1.96. The first-order valence-corrected chi connectivity index (χ1v) is 7.92. The van der Waals surface area contributed by atoms with Gasteiger partial charge in [-0.2, -0.15) is 0 Å². The van der Waals surface area contributed by atoms with Gasteiger partial charge in [0.2, 0.25) is 0 Å². The number of rotatable bonds is 8. The lowest BCUT2D eigenvalue weighted by molar-refractivity contribution is -0.143. The average Bonchev–Trinajstić information content (AvgIpc) is 2.22. The SMILES string of the molecule is COC(=O)C(CN(C)CCS(C)(=O)=O)NC(C)C. The van der Waals surface area contributed by atoms with Crippen molar-refractivity contribution in [1.82, 2.24) is 10.2 Å². The predicted octanol–water partition coefficient (Wildman–Crippen LogP) is -0.498. The smallest absolute Gasteiger partial charge is 0.324 e. The summed E-state index contributed by atoms with van der Waals surface area (Å²) in [7, 11) is 0.140. The second-order valence-corrected chi connectivity index (χ2v) is 7.05. The van der Waals surface area contributed by atoms with Crippen molar-refractivity contribution in [2.75, 3.05) is 39.3 Å². The Balaban J connectivity index is 4.34. The molecule has 1 atom stereocenters. The van der Waals surface area contributed by atoms with Gasteiger partial charge in [-0.25, -0.2) is 8.42 Å². The van der Waals surface area contributed by atoms with E-state index >= 15 is 0 Å². The maximum Gasteiger partial charge on any atom is 0.324 e. The van der Waals surface area contributed by atoms with Gasteiger partial charge in [-0.15, -0.1) is 0 Å². The van der Waals surface area contributed by atoms with E-state index in [1.807, 2.05) is 13.8 Å². The quantitative estimate of drug-likeness (QED) is 0.604. The predicted molar refractivity (Wildman–Crippen MR) is 71.3 cm³/mol. The number of hydrogen-bond acceptors (Lipinski definition) is 6. The molecule has 0 saturated heterocycles. The summed E-state index contributed by atoms with van der Waals surface area (Å²) >= 11 is 0. The molecule has 1 N–H and O–H groups in total. The number of carbonyl (C=O) groups excluding carboxylic acids is 1. The minimum Gasteiger partial charge on any atom is -0.468 e. The highest BCUT2D eigenvalue weighted by atomic mass is 32.2. The molecule has 0 aromatic carbocycles. The lowest BCUT2D eigenvalue weighted by Crippen LogP contribution is -2.48. The number of esters is 1.